The van der Waals surface area contributed by atoms with Crippen LogP contribution >= 0.6 is 0 Å². The predicted molar refractivity (Wildman–Crippen MR) is 65.7 cm³/mol. The monoisotopic (exact) mass is 217 g/mol. The maximum absolute atomic E-state index is 12.7. The molecule has 0 spiro atoms. The smallest absolute Gasteiger partial charge is 0.123 e. The highest BCUT2D eigenvalue weighted by atomic mass is 19.1. The van der Waals surface area contributed by atoms with E-state index in [1.807, 2.05) is 32.9 Å². The Morgan fingerprint density at radius 1 is 1.00 bits per heavy atom. The summed E-state index contributed by atoms with van der Waals surface area (Å²) in [7, 11) is 0. The number of pyridine rings is 1. The van der Waals surface area contributed by atoms with Crippen LogP contribution in [0, 0.1) is 12.7 Å². The van der Waals surface area contributed by atoms with Crippen LogP contribution < -0.4 is 0 Å². The number of aryl methyl sites for hydroxylation is 1. The Bertz CT molecular complexity index is 435. The summed E-state index contributed by atoms with van der Waals surface area (Å²) >= 11 is 0. The molecule has 0 amide bonds. The zero-order valence-corrected chi connectivity index (χ0v) is 9.87. The van der Waals surface area contributed by atoms with E-state index in [1.54, 1.807) is 18.3 Å². The van der Waals surface area contributed by atoms with Gasteiger partial charge in [0.05, 0.1) is 5.69 Å². The molecule has 0 unspecified atom stereocenters. The van der Waals surface area contributed by atoms with Crippen LogP contribution in [0.1, 0.15) is 19.4 Å². The van der Waals surface area contributed by atoms with Crippen LogP contribution in [-0.2, 0) is 0 Å². The van der Waals surface area contributed by atoms with Gasteiger partial charge in [0.25, 0.3) is 0 Å². The lowest BCUT2D eigenvalue weighted by atomic mass is 10.1. The van der Waals surface area contributed by atoms with Crippen molar-refractivity contribution < 1.29 is 4.39 Å². The maximum Gasteiger partial charge on any atom is 0.123 e. The SMILES string of the molecule is CC.Cc1cccnc1-c1ccc(F)cc1. The van der Waals surface area contributed by atoms with Gasteiger partial charge in [0, 0.05) is 11.8 Å². The Morgan fingerprint density at radius 2 is 1.62 bits per heavy atom. The molecule has 0 fully saturated rings. The normalized spacial score (nSPS) is 9.25. The summed E-state index contributed by atoms with van der Waals surface area (Å²) in [6, 6.07) is 10.3. The molecule has 0 aliphatic heterocycles. The minimum atomic E-state index is -0.220. The van der Waals surface area contributed by atoms with Gasteiger partial charge in [-0.15, -0.1) is 0 Å². The highest BCUT2D eigenvalue weighted by Crippen LogP contribution is 2.20. The number of rotatable bonds is 1. The first-order valence-corrected chi connectivity index (χ1v) is 5.45. The molecular weight excluding hydrogens is 201 g/mol. The minimum absolute atomic E-state index is 0.220. The van der Waals surface area contributed by atoms with Crippen LogP contribution in [0.2, 0.25) is 0 Å². The van der Waals surface area contributed by atoms with Crippen LogP contribution in [0.15, 0.2) is 42.6 Å². The molecule has 2 rings (SSSR count). The Labute approximate surface area is 96.0 Å². The molecule has 0 saturated heterocycles. The van der Waals surface area contributed by atoms with Crippen molar-refractivity contribution in [3.63, 3.8) is 0 Å². The zero-order valence-electron chi connectivity index (χ0n) is 9.87. The number of nitrogens with zero attached hydrogens (tertiary/aromatic N) is 1. The van der Waals surface area contributed by atoms with Crippen molar-refractivity contribution in [2.45, 2.75) is 20.8 Å². The van der Waals surface area contributed by atoms with E-state index in [0.717, 1.165) is 16.8 Å². The fourth-order valence-electron chi connectivity index (χ4n) is 1.40. The second kappa shape index (κ2) is 6.01. The van der Waals surface area contributed by atoms with Gasteiger partial charge in [0.1, 0.15) is 5.82 Å². The predicted octanol–water partition coefficient (Wildman–Crippen LogP) is 4.22. The maximum atomic E-state index is 12.7. The summed E-state index contributed by atoms with van der Waals surface area (Å²) < 4.78 is 12.7. The molecule has 84 valence electrons. The van der Waals surface area contributed by atoms with Gasteiger partial charge in [0.2, 0.25) is 0 Å². The van der Waals surface area contributed by atoms with Crippen molar-refractivity contribution in [3.05, 3.63) is 54.0 Å². The molecule has 2 aromatic rings. The third kappa shape index (κ3) is 2.89. The Kier molecular flexibility index (Phi) is 4.65. The first-order chi connectivity index (χ1) is 7.77. The molecular formula is C14H16FN. The average molecular weight is 217 g/mol. The number of benzene rings is 1. The Hall–Kier alpha value is -1.70. The van der Waals surface area contributed by atoms with E-state index in [0.29, 0.717) is 0 Å². The second-order valence-electron chi connectivity index (χ2n) is 3.18. The van der Waals surface area contributed by atoms with E-state index in [4.69, 9.17) is 0 Å². The zero-order chi connectivity index (χ0) is 12.0. The number of aromatic nitrogens is 1. The van der Waals surface area contributed by atoms with Crippen molar-refractivity contribution in [1.82, 2.24) is 4.98 Å². The topological polar surface area (TPSA) is 12.9 Å². The molecule has 0 atom stereocenters. The minimum Gasteiger partial charge on any atom is -0.256 e. The molecule has 0 radical (unpaired) electrons. The van der Waals surface area contributed by atoms with Gasteiger partial charge in [-0.3, -0.25) is 4.98 Å². The lowest BCUT2D eigenvalue weighted by Crippen LogP contribution is -1.86. The third-order valence-electron chi connectivity index (χ3n) is 2.13. The number of hydrogen-bond donors (Lipinski definition) is 0. The van der Waals surface area contributed by atoms with Crippen LogP contribution in [0.25, 0.3) is 11.3 Å². The molecule has 0 bridgehead atoms. The lowest BCUT2D eigenvalue weighted by molar-refractivity contribution is 0.628. The second-order valence-corrected chi connectivity index (χ2v) is 3.18. The fourth-order valence-corrected chi connectivity index (χ4v) is 1.40. The van der Waals surface area contributed by atoms with Gasteiger partial charge >= 0.3 is 0 Å². The van der Waals surface area contributed by atoms with Crippen molar-refractivity contribution >= 4 is 0 Å². The summed E-state index contributed by atoms with van der Waals surface area (Å²) in [5.74, 6) is -0.220. The molecule has 2 heteroatoms. The molecule has 1 aromatic heterocycles. The lowest BCUT2D eigenvalue weighted by Gasteiger charge is -2.03. The van der Waals surface area contributed by atoms with Gasteiger partial charge in [-0.25, -0.2) is 4.39 Å². The Balaban J connectivity index is 0.000000606. The van der Waals surface area contributed by atoms with Crippen LogP contribution in [0.3, 0.4) is 0 Å². The van der Waals surface area contributed by atoms with E-state index in [9.17, 15) is 4.39 Å². The van der Waals surface area contributed by atoms with E-state index in [-0.39, 0.29) is 5.82 Å². The van der Waals surface area contributed by atoms with Crippen molar-refractivity contribution in [3.8, 4) is 11.3 Å². The summed E-state index contributed by atoms with van der Waals surface area (Å²) in [4.78, 5) is 4.26. The summed E-state index contributed by atoms with van der Waals surface area (Å²) in [5.41, 5.74) is 2.95. The van der Waals surface area contributed by atoms with Gasteiger partial charge in [0.15, 0.2) is 0 Å². The number of hydrogen-bond acceptors (Lipinski definition) is 1. The van der Waals surface area contributed by atoms with Crippen LogP contribution in [0.5, 0.6) is 0 Å². The molecule has 0 aliphatic rings. The van der Waals surface area contributed by atoms with Gasteiger partial charge in [-0.2, -0.15) is 0 Å². The Morgan fingerprint density at radius 3 is 2.19 bits per heavy atom. The van der Waals surface area contributed by atoms with E-state index in [2.05, 4.69) is 4.98 Å². The highest BCUT2D eigenvalue weighted by molar-refractivity contribution is 5.62. The van der Waals surface area contributed by atoms with Crippen LogP contribution in [0.4, 0.5) is 4.39 Å². The van der Waals surface area contributed by atoms with Gasteiger partial charge < -0.3 is 0 Å². The average Bonchev–Trinajstić information content (AvgIpc) is 2.34. The first kappa shape index (κ1) is 12.4. The third-order valence-corrected chi connectivity index (χ3v) is 2.13. The standard InChI is InChI=1S/C12H10FN.C2H6/c1-9-3-2-8-14-12(9)10-4-6-11(13)7-5-10;1-2/h2-8H,1H3;1-2H3. The number of halogens is 1. The van der Waals surface area contributed by atoms with Gasteiger partial charge in [-0.1, -0.05) is 19.9 Å². The van der Waals surface area contributed by atoms with Crippen molar-refractivity contribution in [2.24, 2.45) is 0 Å². The van der Waals surface area contributed by atoms with E-state index < -0.39 is 0 Å². The van der Waals surface area contributed by atoms with Gasteiger partial charge in [-0.05, 0) is 42.8 Å². The molecule has 0 N–H and O–H groups in total. The fraction of sp³-hybridized carbons (Fsp3) is 0.214. The molecule has 1 nitrogen and oxygen atoms in total. The summed E-state index contributed by atoms with van der Waals surface area (Å²) in [5, 5.41) is 0. The van der Waals surface area contributed by atoms with Crippen molar-refractivity contribution in [1.29, 1.82) is 0 Å². The van der Waals surface area contributed by atoms with E-state index >= 15 is 0 Å². The van der Waals surface area contributed by atoms with Crippen LogP contribution in [-0.4, -0.2) is 4.98 Å². The molecule has 16 heavy (non-hydrogen) atoms. The summed E-state index contributed by atoms with van der Waals surface area (Å²) in [6.45, 7) is 5.99. The first-order valence-electron chi connectivity index (χ1n) is 5.45. The molecule has 0 saturated carbocycles. The molecule has 1 aromatic carbocycles. The summed E-state index contributed by atoms with van der Waals surface area (Å²) in [6.07, 6.45) is 1.74. The molecule has 0 aliphatic carbocycles. The van der Waals surface area contributed by atoms with Crippen molar-refractivity contribution in [2.75, 3.05) is 0 Å². The largest absolute Gasteiger partial charge is 0.256 e. The van der Waals surface area contributed by atoms with E-state index in [1.165, 1.54) is 12.1 Å². The molecule has 1 heterocycles. The highest BCUT2D eigenvalue weighted by Gasteiger charge is 2.01. The quantitative estimate of drug-likeness (QED) is 0.696.